The third-order valence-electron chi connectivity index (χ3n) is 4.12. The minimum Gasteiger partial charge on any atom is -0.373 e. The third kappa shape index (κ3) is 4.55. The van der Waals surface area contributed by atoms with E-state index in [2.05, 4.69) is 18.7 Å². The maximum atomic E-state index is 12.7. The molecule has 0 aliphatic carbocycles. The van der Waals surface area contributed by atoms with Crippen LogP contribution < -0.4 is 0 Å². The number of ketones is 1. The molecule has 1 fully saturated rings. The second-order valence-electron chi connectivity index (χ2n) is 6.64. The molecule has 0 unspecified atom stereocenters. The minimum absolute atomic E-state index is 0.0246. The van der Waals surface area contributed by atoms with Crippen LogP contribution in [0.4, 0.5) is 0 Å². The van der Waals surface area contributed by atoms with Crippen molar-refractivity contribution in [3.05, 3.63) is 34.9 Å². The molecule has 0 spiro atoms. The summed E-state index contributed by atoms with van der Waals surface area (Å²) in [6.45, 7) is 10.6. The molecule has 1 aliphatic heterocycles. The standard InChI is InChI=1S/C18H26ClNO2/c1-12(2)18(21)17(15-5-7-16(19)8-6-15)11-20-9-13(3)22-14(4)10-20/h5-8,12-14,17H,9-11H2,1-4H3/t13-,14+,17-/m0/s1. The van der Waals surface area contributed by atoms with Crippen LogP contribution in [-0.4, -0.2) is 42.5 Å². The average Bonchev–Trinajstić information content (AvgIpc) is 2.44. The van der Waals surface area contributed by atoms with Crippen molar-refractivity contribution in [3.63, 3.8) is 0 Å². The largest absolute Gasteiger partial charge is 0.373 e. The van der Waals surface area contributed by atoms with Crippen LogP contribution in [0.2, 0.25) is 5.02 Å². The van der Waals surface area contributed by atoms with Gasteiger partial charge >= 0.3 is 0 Å². The van der Waals surface area contributed by atoms with Gasteiger partial charge in [0.15, 0.2) is 0 Å². The van der Waals surface area contributed by atoms with Gasteiger partial charge in [0.1, 0.15) is 5.78 Å². The number of nitrogens with zero attached hydrogens (tertiary/aromatic N) is 1. The Morgan fingerprint density at radius 1 is 1.23 bits per heavy atom. The molecule has 1 saturated heterocycles. The Morgan fingerprint density at radius 2 is 1.77 bits per heavy atom. The van der Waals surface area contributed by atoms with Crippen molar-refractivity contribution in [2.75, 3.05) is 19.6 Å². The van der Waals surface area contributed by atoms with Crippen molar-refractivity contribution in [3.8, 4) is 0 Å². The van der Waals surface area contributed by atoms with E-state index < -0.39 is 0 Å². The van der Waals surface area contributed by atoms with Gasteiger partial charge in [-0.3, -0.25) is 9.69 Å². The van der Waals surface area contributed by atoms with E-state index in [0.29, 0.717) is 5.02 Å². The molecule has 0 saturated carbocycles. The second-order valence-corrected chi connectivity index (χ2v) is 7.07. The number of carbonyl (C=O) groups excluding carboxylic acids is 1. The van der Waals surface area contributed by atoms with Crippen LogP contribution in [-0.2, 0) is 9.53 Å². The fraction of sp³-hybridized carbons (Fsp3) is 0.611. The topological polar surface area (TPSA) is 29.5 Å². The molecule has 1 heterocycles. The molecule has 2 rings (SSSR count). The Balaban J connectivity index is 2.17. The molecule has 0 aromatic heterocycles. The summed E-state index contributed by atoms with van der Waals surface area (Å²) >= 11 is 5.98. The molecule has 3 nitrogen and oxygen atoms in total. The molecule has 1 aromatic carbocycles. The van der Waals surface area contributed by atoms with E-state index in [9.17, 15) is 4.79 Å². The van der Waals surface area contributed by atoms with Crippen LogP contribution in [0.15, 0.2) is 24.3 Å². The summed E-state index contributed by atoms with van der Waals surface area (Å²) < 4.78 is 5.78. The van der Waals surface area contributed by atoms with Gasteiger partial charge in [0.2, 0.25) is 0 Å². The van der Waals surface area contributed by atoms with Crippen molar-refractivity contribution in [2.24, 2.45) is 5.92 Å². The van der Waals surface area contributed by atoms with Crippen LogP contribution >= 0.6 is 11.6 Å². The van der Waals surface area contributed by atoms with Crippen molar-refractivity contribution >= 4 is 17.4 Å². The van der Waals surface area contributed by atoms with Gasteiger partial charge in [0.25, 0.3) is 0 Å². The molecule has 22 heavy (non-hydrogen) atoms. The van der Waals surface area contributed by atoms with Crippen LogP contribution in [0.5, 0.6) is 0 Å². The van der Waals surface area contributed by atoms with Gasteiger partial charge in [-0.05, 0) is 31.5 Å². The van der Waals surface area contributed by atoms with Crippen LogP contribution in [0, 0.1) is 5.92 Å². The number of benzene rings is 1. The minimum atomic E-state index is -0.102. The zero-order valence-electron chi connectivity index (χ0n) is 13.9. The maximum Gasteiger partial charge on any atom is 0.144 e. The number of hydrogen-bond donors (Lipinski definition) is 0. The van der Waals surface area contributed by atoms with Crippen molar-refractivity contribution in [1.82, 2.24) is 4.90 Å². The summed E-state index contributed by atoms with van der Waals surface area (Å²) in [6.07, 6.45) is 0.424. The summed E-state index contributed by atoms with van der Waals surface area (Å²) in [7, 11) is 0. The molecule has 3 atom stereocenters. The zero-order chi connectivity index (χ0) is 16.3. The smallest absolute Gasteiger partial charge is 0.144 e. The first kappa shape index (κ1) is 17.5. The van der Waals surface area contributed by atoms with E-state index in [1.807, 2.05) is 38.1 Å². The van der Waals surface area contributed by atoms with Gasteiger partial charge in [0.05, 0.1) is 18.1 Å². The Hall–Kier alpha value is -0.900. The van der Waals surface area contributed by atoms with Crippen molar-refractivity contribution in [1.29, 1.82) is 0 Å². The Labute approximate surface area is 138 Å². The highest BCUT2D eigenvalue weighted by Gasteiger charge is 2.29. The molecule has 0 amide bonds. The first-order valence-corrected chi connectivity index (χ1v) is 8.41. The molecule has 1 aromatic rings. The lowest BCUT2D eigenvalue weighted by molar-refractivity contribution is -0.125. The van der Waals surface area contributed by atoms with Crippen molar-refractivity contribution in [2.45, 2.75) is 45.8 Å². The number of halogens is 1. The molecular formula is C18H26ClNO2. The van der Waals surface area contributed by atoms with Gasteiger partial charge in [0, 0.05) is 30.6 Å². The number of Topliss-reactive ketones (excluding diaryl/α,β-unsaturated/α-hetero) is 1. The fourth-order valence-corrected chi connectivity index (χ4v) is 3.27. The Morgan fingerprint density at radius 3 is 2.27 bits per heavy atom. The van der Waals surface area contributed by atoms with E-state index in [4.69, 9.17) is 16.3 Å². The summed E-state index contributed by atoms with van der Waals surface area (Å²) in [4.78, 5) is 15.0. The van der Waals surface area contributed by atoms with Gasteiger partial charge in [-0.15, -0.1) is 0 Å². The number of hydrogen-bond acceptors (Lipinski definition) is 3. The lowest BCUT2D eigenvalue weighted by Crippen LogP contribution is -2.47. The number of carbonyl (C=O) groups is 1. The Bertz CT molecular complexity index is 490. The average molecular weight is 324 g/mol. The van der Waals surface area contributed by atoms with E-state index in [0.717, 1.165) is 25.2 Å². The molecular weight excluding hydrogens is 298 g/mol. The van der Waals surface area contributed by atoms with E-state index >= 15 is 0 Å². The Kier molecular flexibility index (Phi) is 6.01. The SMILES string of the molecule is CC(C)C(=O)[C@@H](CN1C[C@@H](C)O[C@@H](C)C1)c1ccc(Cl)cc1. The van der Waals surface area contributed by atoms with Gasteiger partial charge in [-0.25, -0.2) is 0 Å². The van der Waals surface area contributed by atoms with Gasteiger partial charge in [-0.2, -0.15) is 0 Å². The first-order valence-electron chi connectivity index (χ1n) is 8.03. The number of ether oxygens (including phenoxy) is 1. The normalized spacial score (nSPS) is 24.5. The second kappa shape index (κ2) is 7.58. The predicted molar refractivity (Wildman–Crippen MR) is 90.5 cm³/mol. The van der Waals surface area contributed by atoms with Crippen LogP contribution in [0.1, 0.15) is 39.2 Å². The van der Waals surface area contributed by atoms with Crippen LogP contribution in [0.25, 0.3) is 0 Å². The molecule has 122 valence electrons. The quantitative estimate of drug-likeness (QED) is 0.826. The summed E-state index contributed by atoms with van der Waals surface area (Å²) in [5.41, 5.74) is 1.05. The first-order chi connectivity index (χ1) is 10.4. The maximum absolute atomic E-state index is 12.7. The van der Waals surface area contributed by atoms with Gasteiger partial charge < -0.3 is 4.74 Å². The molecule has 1 aliphatic rings. The number of rotatable bonds is 5. The van der Waals surface area contributed by atoms with Crippen LogP contribution in [0.3, 0.4) is 0 Å². The summed E-state index contributed by atoms with van der Waals surface area (Å²) in [5, 5.41) is 0.702. The van der Waals surface area contributed by atoms with E-state index in [1.54, 1.807) is 0 Å². The number of morpholine rings is 1. The predicted octanol–water partition coefficient (Wildman–Crippen LogP) is 3.76. The lowest BCUT2D eigenvalue weighted by atomic mass is 9.88. The fourth-order valence-electron chi connectivity index (χ4n) is 3.15. The lowest BCUT2D eigenvalue weighted by Gasteiger charge is -2.37. The molecule has 4 heteroatoms. The highest BCUT2D eigenvalue weighted by molar-refractivity contribution is 6.30. The molecule has 0 bridgehead atoms. The van der Waals surface area contributed by atoms with E-state index in [1.165, 1.54) is 0 Å². The molecule has 0 N–H and O–H groups in total. The summed E-state index contributed by atoms with van der Waals surface area (Å²) in [6, 6.07) is 7.67. The highest BCUT2D eigenvalue weighted by atomic mass is 35.5. The zero-order valence-corrected chi connectivity index (χ0v) is 14.6. The molecule has 0 radical (unpaired) electrons. The van der Waals surface area contributed by atoms with Crippen molar-refractivity contribution < 1.29 is 9.53 Å². The monoisotopic (exact) mass is 323 g/mol. The van der Waals surface area contributed by atoms with E-state index in [-0.39, 0.29) is 29.8 Å². The summed E-state index contributed by atoms with van der Waals surface area (Å²) in [5.74, 6) is 0.209. The third-order valence-corrected chi connectivity index (χ3v) is 4.37. The van der Waals surface area contributed by atoms with Gasteiger partial charge in [-0.1, -0.05) is 37.6 Å². The highest BCUT2D eigenvalue weighted by Crippen LogP contribution is 2.25.